The van der Waals surface area contributed by atoms with Crippen LogP contribution in [0.4, 0.5) is 5.69 Å². The summed E-state index contributed by atoms with van der Waals surface area (Å²) in [6, 6.07) is 20.4. The summed E-state index contributed by atoms with van der Waals surface area (Å²) in [6.07, 6.45) is 0. The SMILES string of the molecule is COc1cc(Cl)c(C)cc1NC(=O)COC(=O)COc1ccccc1-c1ccccc1. The molecular formula is C24H22ClNO5. The maximum Gasteiger partial charge on any atom is 0.344 e. The van der Waals surface area contributed by atoms with Crippen LogP contribution in [0.2, 0.25) is 5.02 Å². The van der Waals surface area contributed by atoms with Crippen LogP contribution >= 0.6 is 11.6 Å². The summed E-state index contributed by atoms with van der Waals surface area (Å²) < 4.78 is 15.9. The fourth-order valence-electron chi connectivity index (χ4n) is 2.89. The first-order valence-electron chi connectivity index (χ1n) is 9.55. The molecule has 160 valence electrons. The monoisotopic (exact) mass is 439 g/mol. The van der Waals surface area contributed by atoms with E-state index in [1.807, 2.05) is 55.5 Å². The Morgan fingerprint density at radius 3 is 2.39 bits per heavy atom. The third kappa shape index (κ3) is 5.99. The highest BCUT2D eigenvalue weighted by Gasteiger charge is 2.14. The molecule has 1 N–H and O–H groups in total. The number of hydrogen-bond donors (Lipinski definition) is 1. The van der Waals surface area contributed by atoms with Gasteiger partial charge in [0.15, 0.2) is 13.2 Å². The van der Waals surface area contributed by atoms with E-state index < -0.39 is 18.5 Å². The van der Waals surface area contributed by atoms with Gasteiger partial charge in [-0.1, -0.05) is 60.1 Å². The maximum absolute atomic E-state index is 12.2. The second kappa shape index (κ2) is 10.5. The smallest absolute Gasteiger partial charge is 0.344 e. The Labute approximate surface area is 185 Å². The normalized spacial score (nSPS) is 10.3. The van der Waals surface area contributed by atoms with Gasteiger partial charge in [-0.15, -0.1) is 0 Å². The van der Waals surface area contributed by atoms with Crippen molar-refractivity contribution in [2.24, 2.45) is 0 Å². The van der Waals surface area contributed by atoms with Crippen LogP contribution in [0.25, 0.3) is 11.1 Å². The molecular weight excluding hydrogens is 418 g/mol. The number of ether oxygens (including phenoxy) is 3. The summed E-state index contributed by atoms with van der Waals surface area (Å²) in [5.74, 6) is -0.192. The average Bonchev–Trinajstić information content (AvgIpc) is 2.79. The van der Waals surface area contributed by atoms with E-state index in [0.29, 0.717) is 22.2 Å². The first-order chi connectivity index (χ1) is 15.0. The Bertz CT molecular complexity index is 1070. The van der Waals surface area contributed by atoms with Crippen LogP contribution in [0.1, 0.15) is 5.56 Å². The number of hydrogen-bond acceptors (Lipinski definition) is 5. The summed E-state index contributed by atoms with van der Waals surface area (Å²) in [5.41, 5.74) is 3.05. The highest BCUT2D eigenvalue weighted by molar-refractivity contribution is 6.31. The fraction of sp³-hybridized carbons (Fsp3) is 0.167. The van der Waals surface area contributed by atoms with Crippen molar-refractivity contribution in [3.8, 4) is 22.6 Å². The predicted molar refractivity (Wildman–Crippen MR) is 120 cm³/mol. The van der Waals surface area contributed by atoms with Crippen LogP contribution in [0, 0.1) is 6.92 Å². The van der Waals surface area contributed by atoms with Gasteiger partial charge in [-0.3, -0.25) is 4.79 Å². The number of benzene rings is 3. The molecule has 3 aromatic carbocycles. The Morgan fingerprint density at radius 2 is 1.65 bits per heavy atom. The first-order valence-corrected chi connectivity index (χ1v) is 9.92. The summed E-state index contributed by atoms with van der Waals surface area (Å²) in [4.78, 5) is 24.3. The van der Waals surface area contributed by atoms with Crippen molar-refractivity contribution in [1.82, 2.24) is 0 Å². The maximum atomic E-state index is 12.2. The molecule has 0 saturated carbocycles. The lowest BCUT2D eigenvalue weighted by Gasteiger charge is -2.13. The molecule has 0 saturated heterocycles. The van der Waals surface area contributed by atoms with E-state index in [1.165, 1.54) is 7.11 Å². The largest absolute Gasteiger partial charge is 0.495 e. The molecule has 3 aromatic rings. The number of rotatable bonds is 8. The second-order valence-corrected chi connectivity index (χ2v) is 7.07. The second-order valence-electron chi connectivity index (χ2n) is 6.66. The molecule has 0 unspecified atom stereocenters. The first kappa shape index (κ1) is 22.2. The molecule has 0 spiro atoms. The third-order valence-electron chi connectivity index (χ3n) is 4.44. The zero-order valence-corrected chi connectivity index (χ0v) is 17.9. The summed E-state index contributed by atoms with van der Waals surface area (Å²) in [5, 5.41) is 3.17. The van der Waals surface area contributed by atoms with Crippen LogP contribution in [0.3, 0.4) is 0 Å². The van der Waals surface area contributed by atoms with Gasteiger partial charge in [0.1, 0.15) is 11.5 Å². The minimum Gasteiger partial charge on any atom is -0.495 e. The molecule has 1 amide bonds. The average molecular weight is 440 g/mol. The Balaban J connectivity index is 1.54. The van der Waals surface area contributed by atoms with Gasteiger partial charge in [-0.2, -0.15) is 0 Å². The van der Waals surface area contributed by atoms with E-state index in [4.69, 9.17) is 25.8 Å². The number of halogens is 1. The molecule has 7 heteroatoms. The molecule has 0 fully saturated rings. The van der Waals surface area contributed by atoms with Gasteiger partial charge in [-0.05, 0) is 30.2 Å². The van der Waals surface area contributed by atoms with Crippen molar-refractivity contribution in [2.75, 3.05) is 25.6 Å². The number of para-hydroxylation sites is 1. The summed E-state index contributed by atoms with van der Waals surface area (Å²) in [7, 11) is 1.47. The zero-order chi connectivity index (χ0) is 22.2. The van der Waals surface area contributed by atoms with Gasteiger partial charge in [0.05, 0.1) is 12.8 Å². The number of carbonyl (C=O) groups is 2. The summed E-state index contributed by atoms with van der Waals surface area (Å²) >= 11 is 6.06. The van der Waals surface area contributed by atoms with Crippen molar-refractivity contribution in [3.05, 3.63) is 77.3 Å². The number of anilines is 1. The standard InChI is InChI=1S/C24H22ClNO5/c1-16-12-20(22(29-2)13-19(16)25)26-23(27)14-31-24(28)15-30-21-11-7-6-10-18(21)17-8-4-3-5-9-17/h3-13H,14-15H2,1-2H3,(H,26,27). The number of methoxy groups -OCH3 is 1. The van der Waals surface area contributed by atoms with Crippen LogP contribution < -0.4 is 14.8 Å². The van der Waals surface area contributed by atoms with Gasteiger partial charge in [-0.25, -0.2) is 4.79 Å². The molecule has 0 atom stereocenters. The van der Waals surface area contributed by atoms with E-state index >= 15 is 0 Å². The third-order valence-corrected chi connectivity index (χ3v) is 4.84. The highest BCUT2D eigenvalue weighted by atomic mass is 35.5. The lowest BCUT2D eigenvalue weighted by molar-refractivity contribution is -0.149. The predicted octanol–water partition coefficient (Wildman–Crippen LogP) is 4.88. The molecule has 0 aromatic heterocycles. The topological polar surface area (TPSA) is 73.9 Å². The number of nitrogens with one attached hydrogen (secondary N) is 1. The lowest BCUT2D eigenvalue weighted by Crippen LogP contribution is -2.24. The molecule has 6 nitrogen and oxygen atoms in total. The summed E-state index contributed by atoms with van der Waals surface area (Å²) in [6.45, 7) is 1.04. The van der Waals surface area contributed by atoms with Gasteiger partial charge in [0, 0.05) is 16.7 Å². The van der Waals surface area contributed by atoms with Crippen LogP contribution in [0.15, 0.2) is 66.7 Å². The van der Waals surface area contributed by atoms with Crippen molar-refractivity contribution in [1.29, 1.82) is 0 Å². The van der Waals surface area contributed by atoms with E-state index in [2.05, 4.69) is 5.32 Å². The van der Waals surface area contributed by atoms with Crippen molar-refractivity contribution >= 4 is 29.2 Å². The Kier molecular flexibility index (Phi) is 7.51. The van der Waals surface area contributed by atoms with Crippen molar-refractivity contribution in [2.45, 2.75) is 6.92 Å². The molecule has 0 heterocycles. The van der Waals surface area contributed by atoms with Gasteiger partial charge < -0.3 is 19.5 Å². The minimum atomic E-state index is -0.655. The Morgan fingerprint density at radius 1 is 0.935 bits per heavy atom. The van der Waals surface area contributed by atoms with Gasteiger partial charge in [0.2, 0.25) is 0 Å². The number of aryl methyl sites for hydroxylation is 1. The van der Waals surface area contributed by atoms with E-state index in [9.17, 15) is 9.59 Å². The van der Waals surface area contributed by atoms with Crippen LogP contribution in [-0.2, 0) is 14.3 Å². The van der Waals surface area contributed by atoms with E-state index in [-0.39, 0.29) is 6.61 Å². The molecule has 3 rings (SSSR count). The van der Waals surface area contributed by atoms with E-state index in [1.54, 1.807) is 18.2 Å². The number of carbonyl (C=O) groups excluding carboxylic acids is 2. The van der Waals surface area contributed by atoms with Crippen LogP contribution in [-0.4, -0.2) is 32.2 Å². The molecule has 0 bridgehead atoms. The number of esters is 1. The molecule has 0 radical (unpaired) electrons. The zero-order valence-electron chi connectivity index (χ0n) is 17.2. The molecule has 0 aliphatic carbocycles. The quantitative estimate of drug-likeness (QED) is 0.506. The lowest BCUT2D eigenvalue weighted by atomic mass is 10.1. The molecule has 31 heavy (non-hydrogen) atoms. The van der Waals surface area contributed by atoms with Crippen molar-refractivity contribution < 1.29 is 23.8 Å². The fourth-order valence-corrected chi connectivity index (χ4v) is 3.04. The number of amides is 1. The van der Waals surface area contributed by atoms with Gasteiger partial charge in [0.25, 0.3) is 5.91 Å². The highest BCUT2D eigenvalue weighted by Crippen LogP contribution is 2.31. The minimum absolute atomic E-state index is 0.319. The Hall–Kier alpha value is -3.51. The van der Waals surface area contributed by atoms with E-state index in [0.717, 1.165) is 16.7 Å². The van der Waals surface area contributed by atoms with Gasteiger partial charge >= 0.3 is 5.97 Å². The van der Waals surface area contributed by atoms with Crippen molar-refractivity contribution in [3.63, 3.8) is 0 Å². The molecule has 0 aliphatic rings. The van der Waals surface area contributed by atoms with Crippen LogP contribution in [0.5, 0.6) is 11.5 Å². The molecule has 0 aliphatic heterocycles.